The molecule has 0 bridgehead atoms. The van der Waals surface area contributed by atoms with Gasteiger partial charge in [0.25, 0.3) is 5.56 Å². The van der Waals surface area contributed by atoms with Crippen molar-refractivity contribution < 1.29 is 23.4 Å². The molecule has 1 aliphatic carbocycles. The van der Waals surface area contributed by atoms with Crippen LogP contribution >= 0.6 is 11.3 Å². The molecular weight excluding hydrogens is 528 g/mol. The first-order valence-electron chi connectivity index (χ1n) is 13.1. The zero-order valence-corrected chi connectivity index (χ0v) is 24.3. The summed E-state index contributed by atoms with van der Waals surface area (Å²) in [4.78, 5) is 32.2. The van der Waals surface area contributed by atoms with Crippen molar-refractivity contribution in [2.24, 2.45) is 4.99 Å². The summed E-state index contributed by atoms with van der Waals surface area (Å²) in [6.45, 7) is 7.82. The number of ether oxygens (including phenoxy) is 3. The van der Waals surface area contributed by atoms with Gasteiger partial charge in [-0.1, -0.05) is 41.2 Å². The molecule has 8 nitrogen and oxygen atoms in total. The SMILES string of the molecule is CCOC(=O)C1=C(C)N=c2s/c(=C\c3ccc(-c4ccc(C)cc4C)o3)c(=O)n2C1C1=CCC(OC)C(OC)=C1. The highest BCUT2D eigenvalue weighted by atomic mass is 32.1. The van der Waals surface area contributed by atoms with Crippen molar-refractivity contribution in [3.8, 4) is 11.3 Å². The molecule has 2 aromatic heterocycles. The van der Waals surface area contributed by atoms with Crippen LogP contribution in [0, 0.1) is 13.8 Å². The summed E-state index contributed by atoms with van der Waals surface area (Å²) in [5, 5.41) is 0. The zero-order valence-electron chi connectivity index (χ0n) is 23.4. The van der Waals surface area contributed by atoms with E-state index in [0.29, 0.717) is 38.5 Å². The molecule has 0 radical (unpaired) electrons. The first-order chi connectivity index (χ1) is 19.2. The maximum atomic E-state index is 13.9. The molecule has 1 aliphatic heterocycles. The average molecular weight is 561 g/mol. The molecule has 0 saturated carbocycles. The summed E-state index contributed by atoms with van der Waals surface area (Å²) in [7, 11) is 3.20. The molecule has 0 saturated heterocycles. The number of esters is 1. The van der Waals surface area contributed by atoms with Gasteiger partial charge >= 0.3 is 5.97 Å². The highest BCUT2D eigenvalue weighted by Crippen LogP contribution is 2.35. The number of fused-ring (bicyclic) bond motifs is 1. The van der Waals surface area contributed by atoms with E-state index in [1.807, 2.05) is 43.3 Å². The molecular formula is C31H32N2O6S. The van der Waals surface area contributed by atoms with Crippen LogP contribution < -0.4 is 14.9 Å². The third-order valence-corrected chi connectivity index (χ3v) is 8.08. The molecule has 2 aliphatic rings. The van der Waals surface area contributed by atoms with Gasteiger partial charge in [0.05, 0.1) is 35.6 Å². The number of carbonyl (C=O) groups excluding carboxylic acids is 1. The largest absolute Gasteiger partial charge is 0.498 e. The second-order valence-electron chi connectivity index (χ2n) is 9.74. The van der Waals surface area contributed by atoms with Crippen molar-refractivity contribution in [3.05, 3.63) is 102 Å². The van der Waals surface area contributed by atoms with Crippen LogP contribution in [0.4, 0.5) is 0 Å². The van der Waals surface area contributed by atoms with E-state index in [0.717, 1.165) is 22.5 Å². The van der Waals surface area contributed by atoms with Crippen LogP contribution in [0.5, 0.6) is 0 Å². The first-order valence-corrected chi connectivity index (χ1v) is 13.9. The van der Waals surface area contributed by atoms with Crippen molar-refractivity contribution in [2.75, 3.05) is 20.8 Å². The maximum Gasteiger partial charge on any atom is 0.338 e. The summed E-state index contributed by atoms with van der Waals surface area (Å²) in [6, 6.07) is 9.23. The Morgan fingerprint density at radius 3 is 2.70 bits per heavy atom. The highest BCUT2D eigenvalue weighted by molar-refractivity contribution is 7.07. The Labute approximate surface area is 236 Å². The number of aryl methyl sites for hydroxylation is 2. The highest BCUT2D eigenvalue weighted by Gasteiger charge is 2.35. The van der Waals surface area contributed by atoms with Crippen LogP contribution in [0.3, 0.4) is 0 Å². The van der Waals surface area contributed by atoms with Crippen LogP contribution in [0.15, 0.2) is 79.3 Å². The van der Waals surface area contributed by atoms with Crippen LogP contribution in [0.25, 0.3) is 17.4 Å². The van der Waals surface area contributed by atoms with Crippen LogP contribution in [0.2, 0.25) is 0 Å². The number of rotatable bonds is 7. The number of thiazole rings is 1. The quantitative estimate of drug-likeness (QED) is 0.395. The fourth-order valence-corrected chi connectivity index (χ4v) is 6.20. The van der Waals surface area contributed by atoms with Gasteiger partial charge in [0.1, 0.15) is 23.4 Å². The number of hydrogen-bond donors (Lipinski definition) is 0. The summed E-state index contributed by atoms with van der Waals surface area (Å²) >= 11 is 1.26. The van der Waals surface area contributed by atoms with Gasteiger partial charge in [-0.25, -0.2) is 9.79 Å². The van der Waals surface area contributed by atoms with Gasteiger partial charge in [0, 0.05) is 18.7 Å². The number of methoxy groups -OCH3 is 2. The lowest BCUT2D eigenvalue weighted by Crippen LogP contribution is -2.40. The molecule has 3 aromatic rings. The second-order valence-corrected chi connectivity index (χ2v) is 10.7. The fourth-order valence-electron chi connectivity index (χ4n) is 5.17. The van der Waals surface area contributed by atoms with Crippen molar-refractivity contribution in [1.82, 2.24) is 4.57 Å². The molecule has 0 fully saturated rings. The number of hydrogen-bond acceptors (Lipinski definition) is 8. The molecule has 2 unspecified atom stereocenters. The van der Waals surface area contributed by atoms with Gasteiger partial charge in [0.2, 0.25) is 0 Å². The Morgan fingerprint density at radius 2 is 2.00 bits per heavy atom. The molecule has 40 heavy (non-hydrogen) atoms. The van der Waals surface area contributed by atoms with Gasteiger partial charge in [-0.2, -0.15) is 0 Å². The van der Waals surface area contributed by atoms with Crippen molar-refractivity contribution >= 4 is 23.4 Å². The summed E-state index contributed by atoms with van der Waals surface area (Å²) < 4.78 is 24.6. The lowest BCUT2D eigenvalue weighted by Gasteiger charge is -2.29. The maximum absolute atomic E-state index is 13.9. The van der Waals surface area contributed by atoms with Gasteiger partial charge < -0.3 is 18.6 Å². The van der Waals surface area contributed by atoms with Crippen molar-refractivity contribution in [2.45, 2.75) is 46.3 Å². The standard InChI is InChI=1S/C31H32N2O6S/c1-7-38-30(35)27-19(4)32-31-33(28(27)20-9-12-24(36-5)25(15-20)37-6)29(34)26(40-31)16-21-10-13-23(39-21)22-11-8-17(2)14-18(22)3/h8-11,13-16,24,28H,7,12H2,1-6H3/b26-16-. The molecule has 0 amide bonds. The molecule has 5 rings (SSSR count). The van der Waals surface area contributed by atoms with E-state index in [1.54, 1.807) is 38.7 Å². The monoisotopic (exact) mass is 560 g/mol. The van der Waals surface area contributed by atoms with Crippen molar-refractivity contribution in [3.63, 3.8) is 0 Å². The van der Waals surface area contributed by atoms with Crippen molar-refractivity contribution in [1.29, 1.82) is 0 Å². The predicted molar refractivity (Wildman–Crippen MR) is 154 cm³/mol. The van der Waals surface area contributed by atoms with Crippen LogP contribution in [-0.4, -0.2) is 37.5 Å². The Morgan fingerprint density at radius 1 is 1.20 bits per heavy atom. The Balaban J connectivity index is 1.62. The normalized spacial score (nSPS) is 19.1. The van der Waals surface area contributed by atoms with Gasteiger partial charge in [-0.3, -0.25) is 9.36 Å². The minimum absolute atomic E-state index is 0.206. The summed E-state index contributed by atoms with van der Waals surface area (Å²) in [5.41, 5.74) is 4.60. The third kappa shape index (κ3) is 5.02. The number of furan rings is 1. The predicted octanol–water partition coefficient (Wildman–Crippen LogP) is 4.50. The number of allylic oxidation sites excluding steroid dienone is 3. The summed E-state index contributed by atoms with van der Waals surface area (Å²) in [6.07, 6.45) is 5.82. The Hall–Kier alpha value is -3.95. The van der Waals surface area contributed by atoms with E-state index < -0.39 is 12.0 Å². The lowest BCUT2D eigenvalue weighted by atomic mass is 9.90. The third-order valence-electron chi connectivity index (χ3n) is 7.09. The minimum Gasteiger partial charge on any atom is -0.498 e. The van der Waals surface area contributed by atoms with E-state index in [9.17, 15) is 9.59 Å². The smallest absolute Gasteiger partial charge is 0.338 e. The zero-order chi connectivity index (χ0) is 28.6. The van der Waals surface area contributed by atoms with E-state index in [4.69, 9.17) is 18.6 Å². The number of carbonyl (C=O) groups is 1. The molecule has 0 spiro atoms. The average Bonchev–Trinajstić information content (AvgIpc) is 3.51. The number of aromatic nitrogens is 1. The van der Waals surface area contributed by atoms with Crippen LogP contribution in [0.1, 0.15) is 43.2 Å². The molecule has 0 N–H and O–H groups in total. The van der Waals surface area contributed by atoms with E-state index >= 15 is 0 Å². The second kappa shape index (κ2) is 11.3. The molecule has 3 heterocycles. The Kier molecular flexibility index (Phi) is 7.78. The van der Waals surface area contributed by atoms with E-state index in [1.165, 1.54) is 16.9 Å². The number of nitrogens with zero attached hydrogens (tertiary/aromatic N) is 2. The van der Waals surface area contributed by atoms with E-state index in [2.05, 4.69) is 18.0 Å². The lowest BCUT2D eigenvalue weighted by molar-refractivity contribution is -0.139. The summed E-state index contributed by atoms with van der Waals surface area (Å²) in [5.74, 6) is 1.40. The first kappa shape index (κ1) is 27.6. The Bertz CT molecular complexity index is 1750. The van der Waals surface area contributed by atoms with Crippen LogP contribution in [-0.2, 0) is 19.0 Å². The minimum atomic E-state index is -0.720. The molecule has 9 heteroatoms. The molecule has 1 aromatic carbocycles. The number of benzene rings is 1. The fraction of sp³-hybridized carbons (Fsp3) is 0.323. The molecule has 208 valence electrons. The van der Waals surface area contributed by atoms with Gasteiger partial charge in [0.15, 0.2) is 4.80 Å². The van der Waals surface area contributed by atoms with Gasteiger partial charge in [-0.15, -0.1) is 0 Å². The van der Waals surface area contributed by atoms with Gasteiger partial charge in [-0.05, 0) is 63.5 Å². The topological polar surface area (TPSA) is 92.3 Å². The van der Waals surface area contributed by atoms with E-state index in [-0.39, 0.29) is 18.3 Å². The molecule has 2 atom stereocenters.